The summed E-state index contributed by atoms with van der Waals surface area (Å²) < 4.78 is 6.86. The highest BCUT2D eigenvalue weighted by molar-refractivity contribution is 6.30. The van der Waals surface area contributed by atoms with E-state index in [1.165, 1.54) is 12.7 Å². The fourth-order valence-corrected chi connectivity index (χ4v) is 5.30. The quantitative estimate of drug-likeness (QED) is 0.613. The van der Waals surface area contributed by atoms with Crippen LogP contribution in [0.5, 0.6) is 6.01 Å². The van der Waals surface area contributed by atoms with Crippen molar-refractivity contribution in [2.24, 2.45) is 5.73 Å². The molecule has 0 saturated heterocycles. The molecule has 2 N–H and O–H groups in total. The summed E-state index contributed by atoms with van der Waals surface area (Å²) >= 11 is 6.24. The molecule has 0 atom stereocenters. The topological polar surface area (TPSA) is 112 Å². The Morgan fingerprint density at radius 1 is 1.15 bits per heavy atom. The monoisotopic (exact) mass is 467 g/mol. The summed E-state index contributed by atoms with van der Waals surface area (Å²) in [5, 5.41) is 9.19. The largest absolute Gasteiger partial charge is 0.467 e. The maximum atomic E-state index is 13.3. The fraction of sp³-hybridized carbons (Fsp3) is 0.435. The maximum Gasteiger partial charge on any atom is 0.316 e. The van der Waals surface area contributed by atoms with Crippen LogP contribution in [0.4, 0.5) is 0 Å². The van der Waals surface area contributed by atoms with Crippen LogP contribution in [-0.4, -0.2) is 61.8 Å². The Labute approximate surface area is 196 Å². The third kappa shape index (κ3) is 3.85. The lowest BCUT2D eigenvalue weighted by molar-refractivity contribution is 0.0523. The number of nitrogens with two attached hydrogens (primary N) is 1. The van der Waals surface area contributed by atoms with Gasteiger partial charge in [-0.1, -0.05) is 23.7 Å². The van der Waals surface area contributed by atoms with Crippen molar-refractivity contribution in [2.75, 3.05) is 20.2 Å². The predicted molar refractivity (Wildman–Crippen MR) is 123 cm³/mol. The van der Waals surface area contributed by atoms with Crippen LogP contribution in [0.15, 0.2) is 36.7 Å². The van der Waals surface area contributed by atoms with Gasteiger partial charge >= 0.3 is 6.01 Å². The van der Waals surface area contributed by atoms with Crippen molar-refractivity contribution in [3.05, 3.63) is 53.1 Å². The average molecular weight is 468 g/mol. The summed E-state index contributed by atoms with van der Waals surface area (Å²) in [6, 6.07) is 8.44. The highest BCUT2D eigenvalue weighted by Crippen LogP contribution is 2.41. The first kappa shape index (κ1) is 21.8. The number of hydrogen-bond acceptors (Lipinski definition) is 7. The van der Waals surface area contributed by atoms with Gasteiger partial charge in [-0.3, -0.25) is 4.79 Å². The molecule has 1 aliphatic heterocycles. The Morgan fingerprint density at radius 2 is 1.88 bits per heavy atom. The van der Waals surface area contributed by atoms with E-state index >= 15 is 0 Å². The molecule has 1 saturated carbocycles. The van der Waals surface area contributed by atoms with E-state index in [0.717, 1.165) is 30.7 Å². The van der Waals surface area contributed by atoms with E-state index in [-0.39, 0.29) is 23.4 Å². The summed E-state index contributed by atoms with van der Waals surface area (Å²) in [5.74, 6) is 0.868. The van der Waals surface area contributed by atoms with Crippen molar-refractivity contribution in [1.29, 1.82) is 0 Å². The molecule has 5 rings (SSSR count). The van der Waals surface area contributed by atoms with Gasteiger partial charge in [-0.15, -0.1) is 10.2 Å². The molecule has 0 bridgehead atoms. The molecule has 1 amide bonds. The van der Waals surface area contributed by atoms with Crippen LogP contribution in [0.2, 0.25) is 5.02 Å². The first-order valence-electron chi connectivity index (χ1n) is 11.1. The number of benzene rings is 1. The number of methoxy groups -OCH3 is 1. The molecule has 1 aromatic carbocycles. The molecule has 3 heterocycles. The third-order valence-corrected chi connectivity index (χ3v) is 7.25. The van der Waals surface area contributed by atoms with Crippen LogP contribution < -0.4 is 10.5 Å². The summed E-state index contributed by atoms with van der Waals surface area (Å²) in [6.45, 7) is 1.81. The number of aromatic nitrogens is 5. The fourth-order valence-electron chi connectivity index (χ4n) is 5.11. The Balaban J connectivity index is 1.32. The van der Waals surface area contributed by atoms with Gasteiger partial charge in [0, 0.05) is 48.5 Å². The summed E-state index contributed by atoms with van der Waals surface area (Å²) in [6.07, 6.45) is 6.87. The highest BCUT2D eigenvalue weighted by atomic mass is 35.5. The number of fused-ring (bicyclic) bond motifs is 1. The van der Waals surface area contributed by atoms with Crippen LogP contribution in [0.3, 0.4) is 0 Å². The van der Waals surface area contributed by atoms with Gasteiger partial charge in [0.25, 0.3) is 5.91 Å². The lowest BCUT2D eigenvalue weighted by Gasteiger charge is -2.44. The molecule has 0 spiro atoms. The smallest absolute Gasteiger partial charge is 0.316 e. The molecule has 9 nitrogen and oxygen atoms in total. The zero-order valence-electron chi connectivity index (χ0n) is 18.4. The first-order valence-corrected chi connectivity index (χ1v) is 11.5. The van der Waals surface area contributed by atoms with E-state index < -0.39 is 0 Å². The van der Waals surface area contributed by atoms with E-state index in [0.29, 0.717) is 36.8 Å². The Hall–Kier alpha value is -3.04. The van der Waals surface area contributed by atoms with E-state index in [1.807, 2.05) is 27.7 Å². The molecular formula is C23H26ClN7O2. The molecule has 10 heteroatoms. The normalized spacial score (nSPS) is 22.8. The SMILES string of the molecule is COc1ncc(-c2nnc3n2CCN([C@H]2CC[C@](CN)(c4cccc(Cl)c4)CC2)C3=O)cn1. The number of rotatable bonds is 5. The molecule has 1 aliphatic carbocycles. The minimum atomic E-state index is -0.0954. The Kier molecular flexibility index (Phi) is 5.76. The predicted octanol–water partition coefficient (Wildman–Crippen LogP) is 2.69. The zero-order valence-corrected chi connectivity index (χ0v) is 19.2. The van der Waals surface area contributed by atoms with Crippen molar-refractivity contribution < 1.29 is 9.53 Å². The second-order valence-corrected chi connectivity index (χ2v) is 9.12. The van der Waals surface area contributed by atoms with Crippen LogP contribution in [-0.2, 0) is 12.0 Å². The lowest BCUT2D eigenvalue weighted by Crippen LogP contribution is -2.50. The lowest BCUT2D eigenvalue weighted by atomic mass is 9.68. The summed E-state index contributed by atoms with van der Waals surface area (Å²) in [7, 11) is 1.51. The van der Waals surface area contributed by atoms with Gasteiger partial charge < -0.3 is 19.9 Å². The van der Waals surface area contributed by atoms with Gasteiger partial charge in [0.15, 0.2) is 5.82 Å². The second kappa shape index (κ2) is 8.72. The van der Waals surface area contributed by atoms with Crippen LogP contribution in [0, 0.1) is 0 Å². The van der Waals surface area contributed by atoms with Gasteiger partial charge in [-0.2, -0.15) is 0 Å². The van der Waals surface area contributed by atoms with E-state index in [4.69, 9.17) is 22.1 Å². The van der Waals surface area contributed by atoms with Gasteiger partial charge in [-0.25, -0.2) is 9.97 Å². The first-order chi connectivity index (χ1) is 16.0. The van der Waals surface area contributed by atoms with E-state index in [9.17, 15) is 4.79 Å². The zero-order chi connectivity index (χ0) is 23.0. The Morgan fingerprint density at radius 3 is 2.55 bits per heavy atom. The van der Waals surface area contributed by atoms with Crippen LogP contribution >= 0.6 is 11.6 Å². The molecule has 2 aliphatic rings. The summed E-state index contributed by atoms with van der Waals surface area (Å²) in [4.78, 5) is 23.5. The molecule has 3 aromatic rings. The molecule has 0 unspecified atom stereocenters. The average Bonchev–Trinajstić information content (AvgIpc) is 3.30. The van der Waals surface area contributed by atoms with Crippen molar-refractivity contribution in [3.8, 4) is 17.4 Å². The van der Waals surface area contributed by atoms with Gasteiger partial charge in [0.1, 0.15) is 0 Å². The number of nitrogens with zero attached hydrogens (tertiary/aromatic N) is 6. The molecule has 172 valence electrons. The van der Waals surface area contributed by atoms with Crippen molar-refractivity contribution >= 4 is 17.5 Å². The van der Waals surface area contributed by atoms with Crippen LogP contribution in [0.25, 0.3) is 11.4 Å². The molecule has 33 heavy (non-hydrogen) atoms. The highest BCUT2D eigenvalue weighted by Gasteiger charge is 2.40. The van der Waals surface area contributed by atoms with Crippen LogP contribution in [0.1, 0.15) is 41.9 Å². The third-order valence-electron chi connectivity index (χ3n) is 7.02. The van der Waals surface area contributed by atoms with Crippen molar-refractivity contribution in [1.82, 2.24) is 29.6 Å². The van der Waals surface area contributed by atoms with E-state index in [1.54, 1.807) is 12.4 Å². The molecule has 1 fully saturated rings. The molecule has 2 aromatic heterocycles. The number of halogens is 1. The van der Waals surface area contributed by atoms with Crippen molar-refractivity contribution in [3.63, 3.8) is 0 Å². The maximum absolute atomic E-state index is 13.3. The minimum absolute atomic E-state index is 0.0811. The standard InChI is InChI=1S/C23H26ClN7O2/c1-33-22-26-12-15(13-27-22)19-28-29-20-21(32)30(9-10-31(19)20)18-5-7-23(14-25,8-6-18)16-3-2-4-17(24)11-16/h2-4,11-13,18H,5-10,14,25H2,1H3/t18-,23-. The number of hydrogen-bond donors (Lipinski definition) is 1. The summed E-state index contributed by atoms with van der Waals surface area (Å²) in [5.41, 5.74) is 8.04. The van der Waals surface area contributed by atoms with Gasteiger partial charge in [-0.05, 0) is 43.4 Å². The molecular weight excluding hydrogens is 442 g/mol. The Bertz CT molecular complexity index is 1160. The van der Waals surface area contributed by atoms with Gasteiger partial charge in [0.2, 0.25) is 5.82 Å². The minimum Gasteiger partial charge on any atom is -0.467 e. The van der Waals surface area contributed by atoms with Crippen molar-refractivity contribution in [2.45, 2.75) is 43.7 Å². The molecule has 0 radical (unpaired) electrons. The van der Waals surface area contributed by atoms with Gasteiger partial charge in [0.05, 0.1) is 12.7 Å². The number of amides is 1. The van der Waals surface area contributed by atoms with E-state index in [2.05, 4.69) is 26.2 Å². The second-order valence-electron chi connectivity index (χ2n) is 8.68. The number of carbonyl (C=O) groups excluding carboxylic acids is 1. The number of carbonyl (C=O) groups is 1. The number of ether oxygens (including phenoxy) is 1.